The minimum atomic E-state index is -0.271. The number of aromatic amines is 1. The first-order valence-corrected chi connectivity index (χ1v) is 8.23. The highest BCUT2D eigenvalue weighted by atomic mass is 16.1. The SMILES string of the molecule is Cc1[nH]n(-c2ccc([NH])cc2)c(=O)c1/N=N/c1ccc([N+](C)(C)C)cc1. The van der Waals surface area contributed by atoms with Gasteiger partial charge >= 0.3 is 0 Å². The fraction of sp³-hybridized carbons (Fsp3) is 0.211. The molecule has 0 fully saturated rings. The van der Waals surface area contributed by atoms with E-state index in [1.807, 2.05) is 24.3 Å². The first kappa shape index (κ1) is 17.6. The third kappa shape index (κ3) is 3.57. The number of aromatic nitrogens is 2. The van der Waals surface area contributed by atoms with E-state index < -0.39 is 0 Å². The van der Waals surface area contributed by atoms with Gasteiger partial charge in [-0.05, 0) is 43.3 Å². The van der Waals surface area contributed by atoms with E-state index in [4.69, 9.17) is 5.73 Å². The maximum absolute atomic E-state index is 12.6. The third-order valence-electron chi connectivity index (χ3n) is 4.06. The average Bonchev–Trinajstić information content (AvgIpc) is 2.88. The van der Waals surface area contributed by atoms with Crippen LogP contribution in [0.15, 0.2) is 63.6 Å². The van der Waals surface area contributed by atoms with Gasteiger partial charge in [0, 0.05) is 12.1 Å². The maximum Gasteiger partial charge on any atom is 0.299 e. The summed E-state index contributed by atoms with van der Waals surface area (Å²) in [7, 11) is 6.28. The van der Waals surface area contributed by atoms with Crippen molar-refractivity contribution in [2.75, 3.05) is 21.1 Å². The topological polar surface area (TPSA) is 86.3 Å². The van der Waals surface area contributed by atoms with Gasteiger partial charge < -0.3 is 5.73 Å². The van der Waals surface area contributed by atoms with Crippen LogP contribution in [0.4, 0.5) is 22.7 Å². The zero-order valence-electron chi connectivity index (χ0n) is 15.3. The molecule has 0 aliphatic rings. The van der Waals surface area contributed by atoms with E-state index in [0.29, 0.717) is 22.8 Å². The predicted molar refractivity (Wildman–Crippen MR) is 104 cm³/mol. The molecule has 0 unspecified atom stereocenters. The number of H-pyrrole nitrogens is 1. The minimum absolute atomic E-state index is 0.271. The standard InChI is InChI=1S/C19H21N6O/c1-13-18(19(26)24(23-13)16-9-5-14(20)6-10-16)22-21-15-7-11-17(12-8-15)25(2,3)4/h5-12,20H,1-4H3/p+1. The molecule has 1 radical (unpaired) electrons. The second-order valence-electron chi connectivity index (χ2n) is 7.00. The van der Waals surface area contributed by atoms with E-state index in [1.165, 1.54) is 4.68 Å². The number of rotatable bonds is 4. The summed E-state index contributed by atoms with van der Waals surface area (Å²) >= 11 is 0. The van der Waals surface area contributed by atoms with Crippen LogP contribution in [0.2, 0.25) is 0 Å². The summed E-state index contributed by atoms with van der Waals surface area (Å²) in [6, 6.07) is 14.5. The molecular formula is C19H22N6O+. The summed E-state index contributed by atoms with van der Waals surface area (Å²) in [5, 5.41) is 11.3. The molecule has 133 valence electrons. The number of nitrogens with zero attached hydrogens (tertiary/aromatic N) is 4. The summed E-state index contributed by atoms with van der Waals surface area (Å²) in [6.07, 6.45) is 0. The van der Waals surface area contributed by atoms with Gasteiger partial charge in [0.1, 0.15) is 5.69 Å². The van der Waals surface area contributed by atoms with Gasteiger partial charge in [0.15, 0.2) is 5.69 Å². The van der Waals surface area contributed by atoms with E-state index in [0.717, 1.165) is 10.2 Å². The maximum atomic E-state index is 12.6. The molecular weight excluding hydrogens is 328 g/mol. The molecule has 2 N–H and O–H groups in total. The second-order valence-corrected chi connectivity index (χ2v) is 7.00. The Kier molecular flexibility index (Phi) is 4.48. The minimum Gasteiger partial charge on any atom is -0.301 e. The predicted octanol–water partition coefficient (Wildman–Crippen LogP) is 4.00. The van der Waals surface area contributed by atoms with E-state index in [-0.39, 0.29) is 11.2 Å². The Bertz CT molecular complexity index is 988. The molecule has 0 saturated carbocycles. The lowest BCUT2D eigenvalue weighted by Crippen LogP contribution is -2.34. The van der Waals surface area contributed by atoms with Gasteiger partial charge in [-0.15, -0.1) is 5.11 Å². The van der Waals surface area contributed by atoms with Crippen LogP contribution in [-0.4, -0.2) is 30.9 Å². The summed E-state index contributed by atoms with van der Waals surface area (Å²) in [6.45, 7) is 1.78. The normalized spacial score (nSPS) is 12.0. The van der Waals surface area contributed by atoms with E-state index >= 15 is 0 Å². The fourth-order valence-corrected chi connectivity index (χ4v) is 2.52. The number of benzene rings is 2. The monoisotopic (exact) mass is 350 g/mol. The third-order valence-corrected chi connectivity index (χ3v) is 4.06. The van der Waals surface area contributed by atoms with Crippen LogP contribution in [0, 0.1) is 6.92 Å². The molecule has 0 amide bonds. The molecule has 7 heteroatoms. The largest absolute Gasteiger partial charge is 0.301 e. The molecule has 26 heavy (non-hydrogen) atoms. The first-order chi connectivity index (χ1) is 12.3. The fourth-order valence-electron chi connectivity index (χ4n) is 2.52. The van der Waals surface area contributed by atoms with Crippen molar-refractivity contribution < 1.29 is 0 Å². The highest BCUT2D eigenvalue weighted by Crippen LogP contribution is 2.23. The van der Waals surface area contributed by atoms with Gasteiger partial charge in [0.2, 0.25) is 0 Å². The molecule has 1 heterocycles. The van der Waals surface area contributed by atoms with E-state index in [2.05, 4.69) is 36.5 Å². The summed E-state index contributed by atoms with van der Waals surface area (Å²) in [5.41, 5.74) is 11.1. The van der Waals surface area contributed by atoms with Crippen molar-refractivity contribution in [1.29, 1.82) is 0 Å². The molecule has 7 nitrogen and oxygen atoms in total. The number of aryl methyl sites for hydroxylation is 1. The summed E-state index contributed by atoms with van der Waals surface area (Å²) in [5.74, 6) is 0. The molecule has 2 aromatic carbocycles. The zero-order valence-corrected chi connectivity index (χ0v) is 15.3. The van der Waals surface area contributed by atoms with Crippen LogP contribution in [0.5, 0.6) is 0 Å². The number of hydrogen-bond donors (Lipinski definition) is 1. The quantitative estimate of drug-likeness (QED) is 0.559. The second kappa shape index (κ2) is 6.61. The Hall–Kier alpha value is -3.19. The molecule has 0 spiro atoms. The van der Waals surface area contributed by atoms with Gasteiger partial charge in [-0.25, -0.2) is 4.68 Å². The lowest BCUT2D eigenvalue weighted by atomic mass is 10.2. The molecule has 1 aromatic heterocycles. The number of azo groups is 1. The highest BCUT2D eigenvalue weighted by molar-refractivity contribution is 5.50. The van der Waals surface area contributed by atoms with Crippen LogP contribution in [-0.2, 0) is 0 Å². The Labute approximate surface area is 152 Å². The van der Waals surface area contributed by atoms with Crippen LogP contribution in [0.1, 0.15) is 5.69 Å². The Morgan fingerprint density at radius 1 is 0.962 bits per heavy atom. The van der Waals surface area contributed by atoms with E-state index in [1.54, 1.807) is 31.2 Å². The lowest BCUT2D eigenvalue weighted by Gasteiger charge is -2.23. The van der Waals surface area contributed by atoms with E-state index in [9.17, 15) is 4.79 Å². The van der Waals surface area contributed by atoms with Crippen molar-refractivity contribution in [1.82, 2.24) is 20.0 Å². The van der Waals surface area contributed by atoms with Crippen molar-refractivity contribution in [3.05, 3.63) is 64.6 Å². The Balaban J connectivity index is 1.90. The molecule has 0 bridgehead atoms. The average molecular weight is 350 g/mol. The smallest absolute Gasteiger partial charge is 0.299 e. The molecule has 0 saturated heterocycles. The van der Waals surface area contributed by atoms with Crippen molar-refractivity contribution in [3.8, 4) is 5.69 Å². The first-order valence-electron chi connectivity index (χ1n) is 8.23. The van der Waals surface area contributed by atoms with Crippen molar-refractivity contribution in [3.63, 3.8) is 0 Å². The van der Waals surface area contributed by atoms with Crippen molar-refractivity contribution in [2.45, 2.75) is 6.92 Å². The van der Waals surface area contributed by atoms with Crippen LogP contribution < -0.4 is 15.8 Å². The van der Waals surface area contributed by atoms with Gasteiger partial charge in [-0.2, -0.15) is 5.11 Å². The zero-order chi connectivity index (χ0) is 18.9. The molecule has 0 aliphatic carbocycles. The molecule has 3 aromatic rings. The van der Waals surface area contributed by atoms with Gasteiger partial charge in [0.05, 0.1) is 43.9 Å². The van der Waals surface area contributed by atoms with Crippen LogP contribution in [0.3, 0.4) is 0 Å². The number of nitrogens with one attached hydrogen (secondary N) is 2. The summed E-state index contributed by atoms with van der Waals surface area (Å²) in [4.78, 5) is 12.6. The summed E-state index contributed by atoms with van der Waals surface area (Å²) < 4.78 is 2.12. The Morgan fingerprint density at radius 3 is 2.15 bits per heavy atom. The molecule has 3 rings (SSSR count). The van der Waals surface area contributed by atoms with Crippen molar-refractivity contribution >= 4 is 22.7 Å². The number of hydrogen-bond acceptors (Lipinski definition) is 3. The number of quaternary nitrogens is 1. The van der Waals surface area contributed by atoms with Gasteiger partial charge in [0.25, 0.3) is 5.56 Å². The highest BCUT2D eigenvalue weighted by Gasteiger charge is 2.13. The Morgan fingerprint density at radius 2 is 1.58 bits per heavy atom. The van der Waals surface area contributed by atoms with Gasteiger partial charge in [-0.1, -0.05) is 0 Å². The van der Waals surface area contributed by atoms with Crippen LogP contribution in [0.25, 0.3) is 5.69 Å². The molecule has 0 aliphatic heterocycles. The lowest BCUT2D eigenvalue weighted by molar-refractivity contribution is 0.486. The van der Waals surface area contributed by atoms with Crippen LogP contribution >= 0.6 is 0 Å². The van der Waals surface area contributed by atoms with Crippen molar-refractivity contribution in [2.24, 2.45) is 10.2 Å². The van der Waals surface area contributed by atoms with Gasteiger partial charge in [-0.3, -0.25) is 14.4 Å². The molecule has 0 atom stereocenters.